The highest BCUT2D eigenvalue weighted by Gasteiger charge is 2.34. The number of aromatic nitrogens is 2. The molecule has 0 saturated heterocycles. The van der Waals surface area contributed by atoms with Crippen molar-refractivity contribution >= 4 is 17.3 Å². The molecule has 11 heteroatoms. The lowest BCUT2D eigenvalue weighted by molar-refractivity contribution is -0.141. The zero-order chi connectivity index (χ0) is 22.3. The van der Waals surface area contributed by atoms with Gasteiger partial charge in [-0.1, -0.05) is 17.7 Å². The number of phenolic OH excluding ortho intramolecular Hbond substituents is 1. The SMILES string of the molecule is CN(Cc1ccc(-c2cc(C(F)(F)F)[nH]n2)c(O)c1)c1ccc(Cl)c(C(F)(F)F)c1. The lowest BCUT2D eigenvalue weighted by Gasteiger charge is -2.21. The molecule has 2 aromatic carbocycles. The molecule has 30 heavy (non-hydrogen) atoms. The smallest absolute Gasteiger partial charge is 0.432 e. The lowest BCUT2D eigenvalue weighted by atomic mass is 10.1. The number of anilines is 1. The van der Waals surface area contributed by atoms with Gasteiger partial charge < -0.3 is 10.0 Å². The quantitative estimate of drug-likeness (QED) is 0.472. The van der Waals surface area contributed by atoms with Crippen LogP contribution in [0.5, 0.6) is 5.75 Å². The van der Waals surface area contributed by atoms with E-state index in [2.05, 4.69) is 5.10 Å². The standard InChI is InChI=1S/C19H14ClF6N3O/c1-29(11-3-5-14(20)13(7-11)18(21,22)23)9-10-2-4-12(16(30)6-10)15-8-17(28-27-15)19(24,25)26/h2-8,30H,9H2,1H3,(H,27,28). The van der Waals surface area contributed by atoms with E-state index in [1.165, 1.54) is 29.2 Å². The largest absolute Gasteiger partial charge is 0.507 e. The lowest BCUT2D eigenvalue weighted by Crippen LogP contribution is -2.17. The summed E-state index contributed by atoms with van der Waals surface area (Å²) in [6.07, 6.45) is -9.20. The first-order valence-electron chi connectivity index (χ1n) is 8.39. The highest BCUT2D eigenvalue weighted by atomic mass is 35.5. The summed E-state index contributed by atoms with van der Waals surface area (Å²) in [6.45, 7) is 0.126. The highest BCUT2D eigenvalue weighted by molar-refractivity contribution is 6.31. The van der Waals surface area contributed by atoms with Crippen molar-refractivity contribution in [1.29, 1.82) is 0 Å². The van der Waals surface area contributed by atoms with Gasteiger partial charge in [0.25, 0.3) is 0 Å². The molecule has 0 fully saturated rings. The molecule has 1 aromatic heterocycles. The van der Waals surface area contributed by atoms with E-state index in [4.69, 9.17) is 11.6 Å². The first-order chi connectivity index (χ1) is 13.9. The number of benzene rings is 2. The zero-order valence-corrected chi connectivity index (χ0v) is 16.0. The fraction of sp³-hybridized carbons (Fsp3) is 0.211. The van der Waals surface area contributed by atoms with E-state index >= 15 is 0 Å². The van der Waals surface area contributed by atoms with E-state index in [-0.39, 0.29) is 29.2 Å². The van der Waals surface area contributed by atoms with Gasteiger partial charge in [0.05, 0.1) is 16.3 Å². The van der Waals surface area contributed by atoms with Crippen LogP contribution in [-0.2, 0) is 18.9 Å². The fourth-order valence-corrected chi connectivity index (χ4v) is 3.05. The minimum atomic E-state index is -4.60. The Hall–Kier alpha value is -2.88. The molecule has 0 spiro atoms. The maximum Gasteiger partial charge on any atom is 0.432 e. The Morgan fingerprint density at radius 1 is 1.00 bits per heavy atom. The van der Waals surface area contributed by atoms with Crippen LogP contribution in [0, 0.1) is 0 Å². The van der Waals surface area contributed by atoms with E-state index in [0.29, 0.717) is 5.56 Å². The molecule has 0 aliphatic heterocycles. The molecule has 2 N–H and O–H groups in total. The predicted molar refractivity (Wildman–Crippen MR) is 99.3 cm³/mol. The van der Waals surface area contributed by atoms with Crippen molar-refractivity contribution in [2.45, 2.75) is 18.9 Å². The Morgan fingerprint density at radius 3 is 2.27 bits per heavy atom. The average Bonchev–Trinajstić information content (AvgIpc) is 3.11. The van der Waals surface area contributed by atoms with Gasteiger partial charge in [0.1, 0.15) is 11.4 Å². The molecular formula is C19H14ClF6N3O. The zero-order valence-electron chi connectivity index (χ0n) is 15.2. The van der Waals surface area contributed by atoms with Crippen LogP contribution in [0.15, 0.2) is 42.5 Å². The summed E-state index contributed by atoms with van der Waals surface area (Å²) in [5, 5.41) is 15.2. The number of halogens is 7. The molecule has 0 aliphatic carbocycles. The number of rotatable bonds is 4. The van der Waals surface area contributed by atoms with Crippen LogP contribution >= 0.6 is 11.6 Å². The summed E-state index contributed by atoms with van der Waals surface area (Å²) in [5.74, 6) is -0.312. The van der Waals surface area contributed by atoms with Gasteiger partial charge in [-0.15, -0.1) is 0 Å². The molecule has 3 aromatic rings. The minimum absolute atomic E-state index is 0.0824. The fourth-order valence-electron chi connectivity index (χ4n) is 2.83. The molecule has 1 heterocycles. The van der Waals surface area contributed by atoms with Gasteiger partial charge in [0.2, 0.25) is 0 Å². The number of aromatic hydroxyl groups is 1. The van der Waals surface area contributed by atoms with E-state index in [1.807, 2.05) is 5.10 Å². The van der Waals surface area contributed by atoms with E-state index < -0.39 is 28.6 Å². The molecule has 0 aliphatic rings. The Labute approximate surface area is 171 Å². The third-order valence-corrected chi connectivity index (χ3v) is 4.67. The number of hydrogen-bond acceptors (Lipinski definition) is 3. The molecule has 0 saturated carbocycles. The summed E-state index contributed by atoms with van der Waals surface area (Å²) in [6, 6.07) is 8.49. The third-order valence-electron chi connectivity index (χ3n) is 4.34. The summed E-state index contributed by atoms with van der Waals surface area (Å²) in [7, 11) is 1.55. The number of aromatic amines is 1. The van der Waals surface area contributed by atoms with Crippen molar-refractivity contribution in [2.75, 3.05) is 11.9 Å². The molecule has 0 amide bonds. The van der Waals surface area contributed by atoms with Gasteiger partial charge in [-0.2, -0.15) is 31.4 Å². The first kappa shape index (κ1) is 21.8. The Morgan fingerprint density at radius 2 is 1.70 bits per heavy atom. The van der Waals surface area contributed by atoms with Gasteiger partial charge in [-0.25, -0.2) is 0 Å². The van der Waals surface area contributed by atoms with Crippen molar-refractivity contribution < 1.29 is 31.4 Å². The van der Waals surface area contributed by atoms with Crippen LogP contribution in [0.4, 0.5) is 32.0 Å². The second-order valence-corrected chi connectivity index (χ2v) is 6.94. The van der Waals surface area contributed by atoms with E-state index in [9.17, 15) is 31.4 Å². The molecule has 0 radical (unpaired) electrons. The van der Waals surface area contributed by atoms with Crippen LogP contribution < -0.4 is 4.90 Å². The molecule has 0 bridgehead atoms. The van der Waals surface area contributed by atoms with E-state index in [1.54, 1.807) is 7.05 Å². The van der Waals surface area contributed by atoms with Crippen molar-refractivity contribution in [2.24, 2.45) is 0 Å². The Balaban J connectivity index is 1.82. The monoisotopic (exact) mass is 449 g/mol. The molecular weight excluding hydrogens is 436 g/mol. The summed E-state index contributed by atoms with van der Waals surface area (Å²) < 4.78 is 77.2. The maximum atomic E-state index is 13.0. The van der Waals surface area contributed by atoms with Crippen LogP contribution in [-0.4, -0.2) is 22.4 Å². The molecule has 4 nitrogen and oxygen atoms in total. The second kappa shape index (κ2) is 7.75. The van der Waals surface area contributed by atoms with Crippen LogP contribution in [0.3, 0.4) is 0 Å². The van der Waals surface area contributed by atoms with Crippen LogP contribution in [0.25, 0.3) is 11.3 Å². The van der Waals surface area contributed by atoms with Crippen molar-refractivity contribution in [1.82, 2.24) is 10.2 Å². The topological polar surface area (TPSA) is 52.2 Å². The molecule has 0 unspecified atom stereocenters. The Kier molecular flexibility index (Phi) is 5.64. The van der Waals surface area contributed by atoms with Gasteiger partial charge in [0, 0.05) is 24.8 Å². The molecule has 160 valence electrons. The third kappa shape index (κ3) is 4.64. The van der Waals surface area contributed by atoms with E-state index in [0.717, 1.165) is 18.2 Å². The summed E-state index contributed by atoms with van der Waals surface area (Å²) >= 11 is 5.62. The van der Waals surface area contributed by atoms with Gasteiger partial charge in [0.15, 0.2) is 0 Å². The number of phenols is 1. The van der Waals surface area contributed by atoms with Crippen molar-refractivity contribution in [3.63, 3.8) is 0 Å². The van der Waals surface area contributed by atoms with Crippen molar-refractivity contribution in [3.05, 3.63) is 64.3 Å². The van der Waals surface area contributed by atoms with Crippen LogP contribution in [0.1, 0.15) is 16.8 Å². The first-order valence-corrected chi connectivity index (χ1v) is 8.77. The predicted octanol–water partition coefficient (Wildman–Crippen LogP) is 6.11. The van der Waals surface area contributed by atoms with Crippen molar-refractivity contribution in [3.8, 4) is 17.0 Å². The maximum absolute atomic E-state index is 13.0. The normalized spacial score (nSPS) is 12.3. The van der Waals surface area contributed by atoms with Gasteiger partial charge in [-0.3, -0.25) is 5.10 Å². The summed E-state index contributed by atoms with van der Waals surface area (Å²) in [4.78, 5) is 1.51. The molecule has 3 rings (SSSR count). The summed E-state index contributed by atoms with van der Waals surface area (Å²) in [5.41, 5.74) is -1.26. The second-order valence-electron chi connectivity index (χ2n) is 6.53. The number of H-pyrrole nitrogens is 1. The number of alkyl halides is 6. The molecule has 0 atom stereocenters. The minimum Gasteiger partial charge on any atom is -0.507 e. The van der Waals surface area contributed by atoms with Gasteiger partial charge in [-0.05, 0) is 42.0 Å². The van der Waals surface area contributed by atoms with Crippen LogP contribution in [0.2, 0.25) is 5.02 Å². The average molecular weight is 450 g/mol. The van der Waals surface area contributed by atoms with Gasteiger partial charge >= 0.3 is 12.4 Å². The Bertz CT molecular complexity index is 1060. The number of nitrogens with zero attached hydrogens (tertiary/aromatic N) is 2. The number of nitrogens with one attached hydrogen (secondary N) is 1. The number of hydrogen-bond donors (Lipinski definition) is 2. The highest BCUT2D eigenvalue weighted by Crippen LogP contribution is 2.37.